The van der Waals surface area contributed by atoms with E-state index in [9.17, 15) is 4.79 Å². The van der Waals surface area contributed by atoms with Crippen molar-refractivity contribution in [3.63, 3.8) is 0 Å². The predicted molar refractivity (Wildman–Crippen MR) is 87.6 cm³/mol. The molecule has 0 aromatic heterocycles. The Morgan fingerprint density at radius 3 is 2.38 bits per heavy atom. The van der Waals surface area contributed by atoms with Gasteiger partial charge >= 0.3 is 6.09 Å². The van der Waals surface area contributed by atoms with Gasteiger partial charge in [0, 0.05) is 25.2 Å². The van der Waals surface area contributed by atoms with E-state index in [4.69, 9.17) is 4.74 Å². The second kappa shape index (κ2) is 8.62. The third kappa shape index (κ3) is 7.16. The van der Waals surface area contributed by atoms with E-state index in [1.54, 1.807) is 0 Å². The van der Waals surface area contributed by atoms with Crippen LogP contribution in [0, 0.1) is 0 Å². The largest absolute Gasteiger partial charge is 0.444 e. The topological polar surface area (TPSA) is 41.6 Å². The minimum absolute atomic E-state index is 0.168. The van der Waals surface area contributed by atoms with Crippen LogP contribution in [0.2, 0.25) is 0 Å². The van der Waals surface area contributed by atoms with E-state index in [1.165, 1.54) is 25.7 Å². The van der Waals surface area contributed by atoms with Crippen LogP contribution < -0.4 is 5.32 Å². The Kier molecular flexibility index (Phi) is 7.50. The van der Waals surface area contributed by atoms with Gasteiger partial charge in [0.05, 0.1) is 0 Å². The van der Waals surface area contributed by atoms with Gasteiger partial charge in [-0.3, -0.25) is 0 Å². The summed E-state index contributed by atoms with van der Waals surface area (Å²) in [5, 5.41) is 3.77. The van der Waals surface area contributed by atoms with Crippen molar-refractivity contribution in [2.75, 3.05) is 13.1 Å². The maximum Gasteiger partial charge on any atom is 0.410 e. The van der Waals surface area contributed by atoms with Gasteiger partial charge in [-0.2, -0.15) is 0 Å². The van der Waals surface area contributed by atoms with Gasteiger partial charge in [-0.15, -0.1) is 0 Å². The molecule has 1 fully saturated rings. The number of hydrogen-bond donors (Lipinski definition) is 1. The molecule has 0 bridgehead atoms. The number of rotatable bonds is 6. The molecular formula is C17H34N2O2. The fourth-order valence-corrected chi connectivity index (χ4v) is 2.74. The number of carbonyl (C=O) groups excluding carboxylic acids is 1. The molecule has 1 amide bonds. The van der Waals surface area contributed by atoms with E-state index >= 15 is 0 Å². The Morgan fingerprint density at radius 1 is 1.29 bits per heavy atom. The van der Waals surface area contributed by atoms with Crippen LogP contribution in [-0.4, -0.2) is 41.8 Å². The van der Waals surface area contributed by atoms with Gasteiger partial charge in [-0.25, -0.2) is 4.79 Å². The van der Waals surface area contributed by atoms with Crippen molar-refractivity contribution in [3.05, 3.63) is 0 Å². The smallest absolute Gasteiger partial charge is 0.410 e. The van der Waals surface area contributed by atoms with Gasteiger partial charge < -0.3 is 15.0 Å². The molecule has 0 aliphatic carbocycles. The van der Waals surface area contributed by atoms with E-state index in [-0.39, 0.29) is 6.09 Å². The van der Waals surface area contributed by atoms with E-state index in [2.05, 4.69) is 19.2 Å². The minimum atomic E-state index is -0.403. The van der Waals surface area contributed by atoms with Crippen LogP contribution in [-0.2, 0) is 4.74 Å². The number of nitrogens with one attached hydrogen (secondary N) is 1. The highest BCUT2D eigenvalue weighted by molar-refractivity contribution is 5.68. The van der Waals surface area contributed by atoms with E-state index in [1.807, 2.05) is 25.7 Å². The Morgan fingerprint density at radius 2 is 1.90 bits per heavy atom. The molecule has 0 aromatic carbocycles. The molecule has 1 heterocycles. The summed E-state index contributed by atoms with van der Waals surface area (Å²) >= 11 is 0. The lowest BCUT2D eigenvalue weighted by Crippen LogP contribution is -2.48. The van der Waals surface area contributed by atoms with Crippen LogP contribution in [0.25, 0.3) is 0 Å². The van der Waals surface area contributed by atoms with Gasteiger partial charge in [-0.1, -0.05) is 26.7 Å². The molecule has 1 unspecified atom stereocenters. The van der Waals surface area contributed by atoms with E-state index < -0.39 is 5.60 Å². The summed E-state index contributed by atoms with van der Waals surface area (Å²) in [7, 11) is 0. The quantitative estimate of drug-likeness (QED) is 0.807. The number of nitrogens with zero attached hydrogens (tertiary/aromatic N) is 1. The van der Waals surface area contributed by atoms with Gasteiger partial charge in [0.1, 0.15) is 5.60 Å². The fourth-order valence-electron chi connectivity index (χ4n) is 2.74. The summed E-state index contributed by atoms with van der Waals surface area (Å²) in [5.74, 6) is 0. The fraction of sp³-hybridized carbons (Fsp3) is 0.941. The van der Waals surface area contributed by atoms with Crippen LogP contribution in [0.1, 0.15) is 73.1 Å². The third-order valence-electron chi connectivity index (χ3n) is 4.02. The molecule has 1 aliphatic rings. The summed E-state index contributed by atoms with van der Waals surface area (Å²) in [6, 6.07) is 1.17. The Bertz CT molecular complexity index is 304. The normalized spacial score (nSPS) is 18.6. The average Bonchev–Trinajstić information content (AvgIpc) is 2.42. The average molecular weight is 298 g/mol. The Hall–Kier alpha value is -0.770. The van der Waals surface area contributed by atoms with Crippen molar-refractivity contribution >= 4 is 6.09 Å². The lowest BCUT2D eigenvalue weighted by Gasteiger charge is -2.35. The zero-order chi connectivity index (χ0) is 15.9. The summed E-state index contributed by atoms with van der Waals surface area (Å²) < 4.78 is 5.43. The molecule has 4 heteroatoms. The number of unbranched alkanes of at least 4 members (excludes halogenated alkanes) is 1. The maximum atomic E-state index is 12.0. The minimum Gasteiger partial charge on any atom is -0.444 e. The summed E-state index contributed by atoms with van der Waals surface area (Å²) in [5.41, 5.74) is -0.403. The van der Waals surface area contributed by atoms with Crippen molar-refractivity contribution in [2.24, 2.45) is 0 Å². The molecule has 0 radical (unpaired) electrons. The van der Waals surface area contributed by atoms with Gasteiger partial charge in [0.15, 0.2) is 0 Å². The first-order chi connectivity index (χ1) is 9.85. The first-order valence-corrected chi connectivity index (χ1v) is 8.59. The summed E-state index contributed by atoms with van der Waals surface area (Å²) in [6.07, 6.45) is 6.89. The zero-order valence-corrected chi connectivity index (χ0v) is 14.6. The highest BCUT2D eigenvalue weighted by Gasteiger charge is 2.27. The monoisotopic (exact) mass is 298 g/mol. The second-order valence-electron chi connectivity index (χ2n) is 7.16. The standard InChI is InChI=1S/C17H34N2O2/c1-6-8-9-14(7-2)18-15-10-12-19(13-11-15)16(20)21-17(3,4)5/h14-15,18H,6-13H2,1-5H3. The number of piperidine rings is 1. The molecule has 4 nitrogen and oxygen atoms in total. The number of carbonyl (C=O) groups is 1. The predicted octanol–water partition coefficient (Wildman–Crippen LogP) is 3.94. The van der Waals surface area contributed by atoms with Crippen molar-refractivity contribution < 1.29 is 9.53 Å². The van der Waals surface area contributed by atoms with Gasteiger partial charge in [0.25, 0.3) is 0 Å². The van der Waals surface area contributed by atoms with Crippen molar-refractivity contribution in [1.82, 2.24) is 10.2 Å². The highest BCUT2D eigenvalue weighted by atomic mass is 16.6. The maximum absolute atomic E-state index is 12.0. The molecule has 0 spiro atoms. The van der Waals surface area contributed by atoms with Crippen LogP contribution in [0.4, 0.5) is 4.79 Å². The van der Waals surface area contributed by atoms with Crippen LogP contribution in [0.15, 0.2) is 0 Å². The van der Waals surface area contributed by atoms with E-state index in [0.717, 1.165) is 25.9 Å². The summed E-state index contributed by atoms with van der Waals surface area (Å²) in [6.45, 7) is 11.8. The number of amides is 1. The Balaban J connectivity index is 2.32. The van der Waals surface area contributed by atoms with Crippen molar-refractivity contribution in [3.8, 4) is 0 Å². The molecule has 1 saturated heterocycles. The highest BCUT2D eigenvalue weighted by Crippen LogP contribution is 2.17. The molecule has 0 saturated carbocycles. The Labute approximate surface area is 130 Å². The molecule has 21 heavy (non-hydrogen) atoms. The van der Waals surface area contributed by atoms with Gasteiger partial charge in [-0.05, 0) is 46.5 Å². The van der Waals surface area contributed by atoms with E-state index in [0.29, 0.717) is 12.1 Å². The first-order valence-electron chi connectivity index (χ1n) is 8.59. The van der Waals surface area contributed by atoms with Crippen LogP contribution in [0.3, 0.4) is 0 Å². The molecule has 124 valence electrons. The molecule has 1 atom stereocenters. The lowest BCUT2D eigenvalue weighted by molar-refractivity contribution is 0.0195. The van der Waals surface area contributed by atoms with Crippen molar-refractivity contribution in [1.29, 1.82) is 0 Å². The molecular weight excluding hydrogens is 264 g/mol. The summed E-state index contributed by atoms with van der Waals surface area (Å²) in [4.78, 5) is 13.9. The molecule has 1 rings (SSSR count). The number of hydrogen-bond acceptors (Lipinski definition) is 3. The SMILES string of the molecule is CCCCC(CC)NC1CCN(C(=O)OC(C)(C)C)CC1. The molecule has 1 N–H and O–H groups in total. The van der Waals surface area contributed by atoms with Crippen LogP contribution >= 0.6 is 0 Å². The zero-order valence-electron chi connectivity index (χ0n) is 14.6. The van der Waals surface area contributed by atoms with Crippen molar-refractivity contribution in [2.45, 2.75) is 90.8 Å². The number of likely N-dealkylation sites (tertiary alicyclic amines) is 1. The van der Waals surface area contributed by atoms with Crippen LogP contribution in [0.5, 0.6) is 0 Å². The first kappa shape index (κ1) is 18.3. The second-order valence-corrected chi connectivity index (χ2v) is 7.16. The molecule has 1 aliphatic heterocycles. The van der Waals surface area contributed by atoms with Gasteiger partial charge in [0.2, 0.25) is 0 Å². The third-order valence-corrected chi connectivity index (χ3v) is 4.02. The molecule has 0 aromatic rings. The number of ether oxygens (including phenoxy) is 1. The lowest BCUT2D eigenvalue weighted by atomic mass is 10.0.